The monoisotopic (exact) mass is 449 g/mol. The molecule has 0 saturated carbocycles. The van der Waals surface area contributed by atoms with Gasteiger partial charge >= 0.3 is 5.97 Å². The number of halogens is 1. The molecule has 0 aliphatic heterocycles. The third kappa shape index (κ3) is 4.25. The van der Waals surface area contributed by atoms with E-state index < -0.39 is 5.97 Å². The summed E-state index contributed by atoms with van der Waals surface area (Å²) in [5.74, 6) is 0.732. The van der Waals surface area contributed by atoms with Gasteiger partial charge in [0, 0.05) is 16.1 Å². The molecule has 3 rings (SSSR count). The first-order valence-corrected chi connectivity index (χ1v) is 9.59. The molecule has 0 atom stereocenters. The van der Waals surface area contributed by atoms with Crippen LogP contribution in [0.15, 0.2) is 52.1 Å². The van der Waals surface area contributed by atoms with E-state index in [1.54, 1.807) is 30.9 Å². The fourth-order valence-corrected chi connectivity index (χ4v) is 3.39. The van der Waals surface area contributed by atoms with Crippen molar-refractivity contribution in [2.75, 3.05) is 20.0 Å². The summed E-state index contributed by atoms with van der Waals surface area (Å²) in [6.07, 6.45) is 0. The third-order valence-electron chi connectivity index (χ3n) is 3.69. The summed E-state index contributed by atoms with van der Waals surface area (Å²) in [7, 11) is 3.14. The molecule has 0 radical (unpaired) electrons. The minimum Gasteiger partial charge on any atom is -0.497 e. The van der Waals surface area contributed by atoms with E-state index in [1.165, 1.54) is 0 Å². The minimum atomic E-state index is -0.929. The van der Waals surface area contributed by atoms with E-state index in [1.807, 2.05) is 30.3 Å². The molecule has 1 aromatic heterocycles. The summed E-state index contributed by atoms with van der Waals surface area (Å²) in [6, 6.07) is 13.0. The maximum Gasteiger partial charge on any atom is 0.313 e. The van der Waals surface area contributed by atoms with Crippen molar-refractivity contribution < 1.29 is 19.4 Å². The molecule has 0 bridgehead atoms. The van der Waals surface area contributed by atoms with Gasteiger partial charge in [-0.15, -0.1) is 10.2 Å². The Kier molecular flexibility index (Phi) is 6.02. The van der Waals surface area contributed by atoms with Gasteiger partial charge in [-0.25, -0.2) is 0 Å². The summed E-state index contributed by atoms with van der Waals surface area (Å²) in [6.45, 7) is 0. The van der Waals surface area contributed by atoms with E-state index in [-0.39, 0.29) is 5.75 Å². The van der Waals surface area contributed by atoms with Gasteiger partial charge in [-0.2, -0.15) is 0 Å². The van der Waals surface area contributed by atoms with Crippen molar-refractivity contribution in [2.45, 2.75) is 5.16 Å². The third-order valence-corrected chi connectivity index (χ3v) is 5.13. The van der Waals surface area contributed by atoms with Crippen LogP contribution >= 0.6 is 27.7 Å². The summed E-state index contributed by atoms with van der Waals surface area (Å²) >= 11 is 4.51. The number of aromatic nitrogens is 3. The van der Waals surface area contributed by atoms with E-state index in [9.17, 15) is 4.79 Å². The maximum atomic E-state index is 11.0. The minimum absolute atomic E-state index is 0.128. The molecule has 0 aliphatic carbocycles. The Bertz CT molecular complexity index is 960. The zero-order valence-electron chi connectivity index (χ0n) is 14.5. The van der Waals surface area contributed by atoms with Crippen molar-refractivity contribution in [3.05, 3.63) is 46.9 Å². The summed E-state index contributed by atoms with van der Waals surface area (Å²) in [5.41, 5.74) is 1.53. The lowest BCUT2D eigenvalue weighted by Crippen LogP contribution is -2.05. The molecule has 0 amide bonds. The van der Waals surface area contributed by atoms with Gasteiger partial charge in [0.2, 0.25) is 0 Å². The molecule has 1 N–H and O–H groups in total. The van der Waals surface area contributed by atoms with E-state index in [2.05, 4.69) is 26.1 Å². The quantitative estimate of drug-likeness (QED) is 0.547. The zero-order chi connectivity index (χ0) is 19.4. The van der Waals surface area contributed by atoms with Crippen LogP contribution in [0.25, 0.3) is 17.1 Å². The molecule has 0 saturated heterocycles. The predicted octanol–water partition coefficient (Wildman–Crippen LogP) is 3.89. The SMILES string of the molecule is COc1ccc(-n2c(SCC(=O)O)nnc2-c2ccc(Br)cc2)c(OC)c1. The highest BCUT2D eigenvalue weighted by Gasteiger charge is 2.20. The largest absolute Gasteiger partial charge is 0.497 e. The Labute approximate surface area is 168 Å². The van der Waals surface area contributed by atoms with Gasteiger partial charge < -0.3 is 14.6 Å². The lowest BCUT2D eigenvalue weighted by Gasteiger charge is -2.15. The zero-order valence-corrected chi connectivity index (χ0v) is 17.0. The summed E-state index contributed by atoms with van der Waals surface area (Å²) in [5, 5.41) is 18.0. The lowest BCUT2D eigenvalue weighted by atomic mass is 10.2. The smallest absolute Gasteiger partial charge is 0.313 e. The van der Waals surface area contributed by atoms with Gasteiger partial charge in [0.1, 0.15) is 11.5 Å². The van der Waals surface area contributed by atoms with Crippen molar-refractivity contribution in [3.63, 3.8) is 0 Å². The van der Waals surface area contributed by atoms with Gasteiger partial charge in [-0.05, 0) is 24.3 Å². The molecular formula is C18H16BrN3O4S. The van der Waals surface area contributed by atoms with E-state index in [0.717, 1.165) is 21.8 Å². The Balaban J connectivity index is 2.17. The molecule has 2 aromatic carbocycles. The molecule has 0 aliphatic rings. The predicted molar refractivity (Wildman–Crippen MR) is 106 cm³/mol. The number of benzene rings is 2. The van der Waals surface area contributed by atoms with Gasteiger partial charge in [0.15, 0.2) is 11.0 Å². The number of methoxy groups -OCH3 is 2. The normalized spacial score (nSPS) is 10.6. The van der Waals surface area contributed by atoms with Crippen molar-refractivity contribution in [3.8, 4) is 28.6 Å². The first kappa shape index (κ1) is 19.2. The Morgan fingerprint density at radius 2 is 1.89 bits per heavy atom. The number of hydrogen-bond donors (Lipinski definition) is 1. The first-order valence-electron chi connectivity index (χ1n) is 7.82. The summed E-state index contributed by atoms with van der Waals surface area (Å²) < 4.78 is 13.5. The number of carbonyl (C=O) groups is 1. The highest BCUT2D eigenvalue weighted by atomic mass is 79.9. The number of thioether (sulfide) groups is 1. The van der Waals surface area contributed by atoms with Gasteiger partial charge in [0.25, 0.3) is 0 Å². The average Bonchev–Trinajstić information content (AvgIpc) is 3.10. The second-order valence-electron chi connectivity index (χ2n) is 5.37. The number of aliphatic carboxylic acids is 1. The van der Waals surface area contributed by atoms with Crippen LogP contribution in [0.2, 0.25) is 0 Å². The molecule has 3 aromatic rings. The maximum absolute atomic E-state index is 11.0. The van der Waals surface area contributed by atoms with Gasteiger partial charge in [0.05, 0.1) is 25.7 Å². The number of rotatable bonds is 7. The molecule has 1 heterocycles. The molecule has 140 valence electrons. The molecule has 27 heavy (non-hydrogen) atoms. The first-order chi connectivity index (χ1) is 13.0. The standard InChI is InChI=1S/C18H16BrN3O4S/c1-25-13-7-8-14(15(9-13)26-2)22-17(11-3-5-12(19)6-4-11)20-21-18(22)27-10-16(23)24/h3-9H,10H2,1-2H3,(H,23,24). The van der Waals surface area contributed by atoms with Crippen molar-refractivity contribution in [1.82, 2.24) is 14.8 Å². The van der Waals surface area contributed by atoms with Crippen molar-refractivity contribution in [1.29, 1.82) is 0 Å². The fourth-order valence-electron chi connectivity index (χ4n) is 2.46. The van der Waals surface area contributed by atoms with E-state index in [0.29, 0.717) is 28.2 Å². The van der Waals surface area contributed by atoms with E-state index in [4.69, 9.17) is 14.6 Å². The Morgan fingerprint density at radius 3 is 2.52 bits per heavy atom. The Morgan fingerprint density at radius 1 is 1.15 bits per heavy atom. The van der Waals surface area contributed by atoms with Crippen LogP contribution < -0.4 is 9.47 Å². The van der Waals surface area contributed by atoms with E-state index >= 15 is 0 Å². The average molecular weight is 450 g/mol. The summed E-state index contributed by atoms with van der Waals surface area (Å²) in [4.78, 5) is 11.0. The molecule has 0 fully saturated rings. The van der Waals surface area contributed by atoms with Crippen LogP contribution in [0, 0.1) is 0 Å². The Hall–Kier alpha value is -2.52. The van der Waals surface area contributed by atoms with Crippen LogP contribution in [0.4, 0.5) is 0 Å². The van der Waals surface area contributed by atoms with Crippen LogP contribution in [0.1, 0.15) is 0 Å². The number of carboxylic acids is 1. The van der Waals surface area contributed by atoms with Gasteiger partial charge in [-0.1, -0.05) is 39.8 Å². The van der Waals surface area contributed by atoms with Crippen LogP contribution in [-0.2, 0) is 4.79 Å². The van der Waals surface area contributed by atoms with Gasteiger partial charge in [-0.3, -0.25) is 9.36 Å². The number of hydrogen-bond acceptors (Lipinski definition) is 6. The van der Waals surface area contributed by atoms with Crippen molar-refractivity contribution in [2.24, 2.45) is 0 Å². The number of carboxylic acid groups (broad SMARTS) is 1. The molecule has 7 nitrogen and oxygen atoms in total. The molecule has 0 spiro atoms. The molecule has 0 unspecified atom stereocenters. The topological polar surface area (TPSA) is 86.5 Å². The second-order valence-corrected chi connectivity index (χ2v) is 7.23. The second kappa shape index (κ2) is 8.45. The van der Waals surface area contributed by atoms with Crippen LogP contribution in [0.5, 0.6) is 11.5 Å². The number of ether oxygens (including phenoxy) is 2. The van der Waals surface area contributed by atoms with Crippen LogP contribution in [-0.4, -0.2) is 45.8 Å². The molecule has 9 heteroatoms. The van der Waals surface area contributed by atoms with Crippen molar-refractivity contribution >= 4 is 33.7 Å². The lowest BCUT2D eigenvalue weighted by molar-refractivity contribution is -0.133. The molecular weight excluding hydrogens is 434 g/mol. The number of nitrogens with zero attached hydrogens (tertiary/aromatic N) is 3. The van der Waals surface area contributed by atoms with Crippen LogP contribution in [0.3, 0.4) is 0 Å². The fraction of sp³-hybridized carbons (Fsp3) is 0.167. The highest BCUT2D eigenvalue weighted by molar-refractivity contribution is 9.10. The highest BCUT2D eigenvalue weighted by Crippen LogP contribution is 2.34.